The minimum atomic E-state index is -1.15. The first-order chi connectivity index (χ1) is 8.45. The van der Waals surface area contributed by atoms with E-state index in [-0.39, 0.29) is 31.8 Å². The van der Waals surface area contributed by atoms with Crippen LogP contribution < -0.4 is 10.6 Å². The molecule has 1 aliphatic heterocycles. The molecule has 1 saturated heterocycles. The number of urea groups is 1. The Hall–Kier alpha value is -1.83. The summed E-state index contributed by atoms with van der Waals surface area (Å²) in [5.41, 5.74) is 0. The lowest BCUT2D eigenvalue weighted by Gasteiger charge is -2.21. The number of carbonyl (C=O) groups is 3. The van der Waals surface area contributed by atoms with Gasteiger partial charge in [0, 0.05) is 33.0 Å². The van der Waals surface area contributed by atoms with E-state index >= 15 is 0 Å². The van der Waals surface area contributed by atoms with E-state index in [0.717, 1.165) is 4.90 Å². The fourth-order valence-electron chi connectivity index (χ4n) is 1.78. The van der Waals surface area contributed by atoms with Crippen LogP contribution in [0.5, 0.6) is 0 Å². The van der Waals surface area contributed by atoms with E-state index in [1.54, 1.807) is 0 Å². The molecule has 3 amide bonds. The van der Waals surface area contributed by atoms with Crippen LogP contribution in [0.15, 0.2) is 0 Å². The number of hydrogen-bond acceptors (Lipinski definition) is 4. The van der Waals surface area contributed by atoms with Gasteiger partial charge in [-0.05, 0) is 0 Å². The Kier molecular flexibility index (Phi) is 4.90. The van der Waals surface area contributed by atoms with Gasteiger partial charge >= 0.3 is 12.0 Å². The number of carboxylic acid groups (broad SMARTS) is 1. The molecule has 2 atom stereocenters. The monoisotopic (exact) mass is 259 g/mol. The van der Waals surface area contributed by atoms with E-state index < -0.39 is 24.1 Å². The third-order valence-electron chi connectivity index (χ3n) is 2.73. The number of carbonyl (C=O) groups excluding carboxylic acids is 2. The second kappa shape index (κ2) is 6.20. The van der Waals surface area contributed by atoms with E-state index in [4.69, 9.17) is 5.11 Å². The van der Waals surface area contributed by atoms with Crippen LogP contribution >= 0.6 is 0 Å². The molecule has 0 aliphatic carbocycles. The van der Waals surface area contributed by atoms with Crippen molar-refractivity contribution >= 4 is 17.9 Å². The lowest BCUT2D eigenvalue weighted by molar-refractivity contribution is -0.141. The number of amides is 3. The van der Waals surface area contributed by atoms with Crippen LogP contribution in [0.1, 0.15) is 12.8 Å². The van der Waals surface area contributed by atoms with Crippen LogP contribution in [-0.2, 0) is 9.59 Å². The van der Waals surface area contributed by atoms with Crippen LogP contribution in [0.2, 0.25) is 0 Å². The molecule has 0 radical (unpaired) electrons. The maximum absolute atomic E-state index is 11.7. The van der Waals surface area contributed by atoms with E-state index in [1.165, 1.54) is 7.05 Å². The quantitative estimate of drug-likeness (QED) is 0.482. The Labute approximate surface area is 104 Å². The van der Waals surface area contributed by atoms with E-state index in [1.807, 2.05) is 0 Å². The number of nitrogens with one attached hydrogen (secondary N) is 2. The second-order valence-corrected chi connectivity index (χ2v) is 4.05. The predicted molar refractivity (Wildman–Crippen MR) is 60.8 cm³/mol. The molecule has 0 spiro atoms. The third-order valence-corrected chi connectivity index (χ3v) is 2.73. The Balaban J connectivity index is 2.45. The molecule has 1 fully saturated rings. The van der Waals surface area contributed by atoms with Gasteiger partial charge in [-0.15, -0.1) is 0 Å². The number of likely N-dealkylation sites (tertiary alicyclic amines) is 1. The van der Waals surface area contributed by atoms with Crippen molar-refractivity contribution in [2.45, 2.75) is 25.0 Å². The standard InChI is InChI=1S/C10H17N3O5/c1-11-8(15)2-3-12-10(18)13-5-6(14)4-7(13)9(16)17/h6-7,14H,2-5H2,1H3,(H,11,15)(H,12,18)(H,16,17)/t6-,7-/m1/s1. The fraction of sp³-hybridized carbons (Fsp3) is 0.700. The van der Waals surface area contributed by atoms with Crippen LogP contribution in [-0.4, -0.2) is 65.3 Å². The summed E-state index contributed by atoms with van der Waals surface area (Å²) in [6.07, 6.45) is -0.676. The number of carboxylic acids is 1. The van der Waals surface area contributed by atoms with Crippen LogP contribution in [0, 0.1) is 0 Å². The lowest BCUT2D eigenvalue weighted by Crippen LogP contribution is -2.46. The largest absolute Gasteiger partial charge is 0.480 e. The molecule has 0 aromatic heterocycles. The highest BCUT2D eigenvalue weighted by Crippen LogP contribution is 2.17. The van der Waals surface area contributed by atoms with Gasteiger partial charge < -0.3 is 25.7 Å². The zero-order chi connectivity index (χ0) is 13.7. The zero-order valence-corrected chi connectivity index (χ0v) is 10.0. The second-order valence-electron chi connectivity index (χ2n) is 4.05. The highest BCUT2D eigenvalue weighted by atomic mass is 16.4. The minimum absolute atomic E-state index is 0.0111. The molecule has 8 nitrogen and oxygen atoms in total. The highest BCUT2D eigenvalue weighted by Gasteiger charge is 2.38. The highest BCUT2D eigenvalue weighted by molar-refractivity contribution is 5.84. The summed E-state index contributed by atoms with van der Waals surface area (Å²) in [7, 11) is 1.49. The first-order valence-corrected chi connectivity index (χ1v) is 5.61. The number of aliphatic hydroxyl groups excluding tert-OH is 1. The van der Waals surface area contributed by atoms with Crippen molar-refractivity contribution in [3.05, 3.63) is 0 Å². The Morgan fingerprint density at radius 3 is 2.61 bits per heavy atom. The summed E-state index contributed by atoms with van der Waals surface area (Å²) >= 11 is 0. The van der Waals surface area contributed by atoms with Gasteiger partial charge in [0.15, 0.2) is 0 Å². The van der Waals surface area contributed by atoms with Gasteiger partial charge in [0.05, 0.1) is 6.10 Å². The fourth-order valence-corrected chi connectivity index (χ4v) is 1.78. The molecule has 1 rings (SSSR count). The first-order valence-electron chi connectivity index (χ1n) is 5.61. The molecule has 8 heteroatoms. The summed E-state index contributed by atoms with van der Waals surface area (Å²) in [5, 5.41) is 23.1. The first kappa shape index (κ1) is 14.2. The average molecular weight is 259 g/mol. The number of rotatable bonds is 4. The Morgan fingerprint density at radius 1 is 1.39 bits per heavy atom. The van der Waals surface area contributed by atoms with Gasteiger partial charge in [-0.1, -0.05) is 0 Å². The summed E-state index contributed by atoms with van der Waals surface area (Å²) in [4.78, 5) is 34.6. The van der Waals surface area contributed by atoms with Crippen LogP contribution in [0.25, 0.3) is 0 Å². The molecule has 4 N–H and O–H groups in total. The number of aliphatic hydroxyl groups is 1. The van der Waals surface area contributed by atoms with Crippen molar-refractivity contribution in [3.63, 3.8) is 0 Å². The van der Waals surface area contributed by atoms with Crippen molar-refractivity contribution in [1.82, 2.24) is 15.5 Å². The maximum Gasteiger partial charge on any atom is 0.326 e. The molecule has 0 aromatic carbocycles. The molecule has 0 bridgehead atoms. The van der Waals surface area contributed by atoms with Gasteiger partial charge in [-0.3, -0.25) is 4.79 Å². The molecule has 0 unspecified atom stereocenters. The molecule has 18 heavy (non-hydrogen) atoms. The maximum atomic E-state index is 11.7. The van der Waals surface area contributed by atoms with E-state index in [9.17, 15) is 19.5 Å². The summed E-state index contributed by atoms with van der Waals surface area (Å²) < 4.78 is 0. The van der Waals surface area contributed by atoms with Crippen molar-refractivity contribution in [2.75, 3.05) is 20.1 Å². The molecule has 102 valence electrons. The molecule has 0 aromatic rings. The normalized spacial score (nSPS) is 22.7. The average Bonchev–Trinajstić information content (AvgIpc) is 2.71. The topological polar surface area (TPSA) is 119 Å². The predicted octanol–water partition coefficient (Wildman–Crippen LogP) is -1.65. The van der Waals surface area contributed by atoms with Crippen molar-refractivity contribution < 1.29 is 24.6 Å². The van der Waals surface area contributed by atoms with Gasteiger partial charge in [-0.25, -0.2) is 9.59 Å². The molecular weight excluding hydrogens is 242 g/mol. The SMILES string of the molecule is CNC(=O)CCNC(=O)N1C[C@H](O)C[C@@H]1C(=O)O. The van der Waals surface area contributed by atoms with Crippen LogP contribution in [0.4, 0.5) is 4.79 Å². The summed E-state index contributed by atoms with van der Waals surface area (Å²) in [6, 6.07) is -1.59. The molecular formula is C10H17N3O5. The van der Waals surface area contributed by atoms with Crippen molar-refractivity contribution in [1.29, 1.82) is 0 Å². The van der Waals surface area contributed by atoms with Crippen LogP contribution in [0.3, 0.4) is 0 Å². The molecule has 1 heterocycles. The smallest absolute Gasteiger partial charge is 0.326 e. The van der Waals surface area contributed by atoms with E-state index in [2.05, 4.69) is 10.6 Å². The van der Waals surface area contributed by atoms with Crippen molar-refractivity contribution in [2.24, 2.45) is 0 Å². The Bertz CT molecular complexity index is 346. The van der Waals surface area contributed by atoms with Gasteiger partial charge in [0.2, 0.25) is 5.91 Å². The molecule has 0 saturated carbocycles. The number of β-amino-alcohol motifs (C(OH)–C–C–N with tert-alkyl or cyclic N) is 1. The molecule has 1 aliphatic rings. The Morgan fingerprint density at radius 2 is 2.06 bits per heavy atom. The minimum Gasteiger partial charge on any atom is -0.480 e. The number of aliphatic carboxylic acids is 1. The summed E-state index contributed by atoms with van der Waals surface area (Å²) in [5.74, 6) is -1.36. The van der Waals surface area contributed by atoms with Crippen molar-refractivity contribution in [3.8, 4) is 0 Å². The number of nitrogens with zero attached hydrogens (tertiary/aromatic N) is 1. The third kappa shape index (κ3) is 3.59. The van der Waals surface area contributed by atoms with Gasteiger partial charge in [0.25, 0.3) is 0 Å². The van der Waals surface area contributed by atoms with Gasteiger partial charge in [-0.2, -0.15) is 0 Å². The lowest BCUT2D eigenvalue weighted by atomic mass is 10.2. The van der Waals surface area contributed by atoms with E-state index in [0.29, 0.717) is 0 Å². The summed E-state index contributed by atoms with van der Waals surface area (Å²) in [6.45, 7) is 0.111. The zero-order valence-electron chi connectivity index (χ0n) is 10.0. The van der Waals surface area contributed by atoms with Gasteiger partial charge in [0.1, 0.15) is 6.04 Å². The number of hydrogen-bond donors (Lipinski definition) is 4.